The van der Waals surface area contributed by atoms with Crippen molar-refractivity contribution in [2.75, 3.05) is 23.0 Å². The average molecular weight is 452 g/mol. The zero-order valence-corrected chi connectivity index (χ0v) is 18.1. The highest BCUT2D eigenvalue weighted by atomic mass is 32.2. The van der Waals surface area contributed by atoms with Crippen molar-refractivity contribution in [3.63, 3.8) is 0 Å². The number of rotatable bonds is 9. The van der Waals surface area contributed by atoms with Gasteiger partial charge in [-0.15, -0.1) is 11.8 Å². The minimum Gasteiger partial charge on any atom is -0.494 e. The lowest BCUT2D eigenvalue weighted by atomic mass is 10.2. The van der Waals surface area contributed by atoms with E-state index in [0.29, 0.717) is 18.0 Å². The molecule has 0 aliphatic rings. The van der Waals surface area contributed by atoms with Gasteiger partial charge in [0.15, 0.2) is 0 Å². The maximum atomic E-state index is 12.4. The van der Waals surface area contributed by atoms with Gasteiger partial charge in [0.05, 0.1) is 17.3 Å². The number of nitro benzene ring substituents is 1. The first-order valence-corrected chi connectivity index (χ1v) is 10.7. The van der Waals surface area contributed by atoms with Gasteiger partial charge in [-0.25, -0.2) is 0 Å². The fraction of sp³-hybridized carbons (Fsp3) is 0.130. The fourth-order valence-corrected chi connectivity index (χ4v) is 3.53. The number of nitro groups is 1. The molecule has 164 valence electrons. The average Bonchev–Trinajstić information content (AvgIpc) is 2.79. The Balaban J connectivity index is 1.55. The van der Waals surface area contributed by atoms with Crippen LogP contribution in [0, 0.1) is 10.1 Å². The molecule has 2 amide bonds. The van der Waals surface area contributed by atoms with Crippen LogP contribution in [0.2, 0.25) is 0 Å². The van der Waals surface area contributed by atoms with Crippen LogP contribution in [0.5, 0.6) is 5.75 Å². The lowest BCUT2D eigenvalue weighted by molar-refractivity contribution is -0.384. The lowest BCUT2D eigenvalue weighted by Gasteiger charge is -2.09. The number of benzene rings is 3. The Hall–Kier alpha value is -3.85. The molecule has 0 radical (unpaired) electrons. The molecule has 32 heavy (non-hydrogen) atoms. The highest BCUT2D eigenvalue weighted by Gasteiger charge is 2.12. The van der Waals surface area contributed by atoms with E-state index in [1.807, 2.05) is 13.0 Å². The second-order valence-electron chi connectivity index (χ2n) is 6.58. The number of hydrogen-bond acceptors (Lipinski definition) is 6. The molecule has 0 saturated carbocycles. The molecule has 8 nitrogen and oxygen atoms in total. The van der Waals surface area contributed by atoms with E-state index >= 15 is 0 Å². The molecule has 0 heterocycles. The number of carbonyl (C=O) groups excluding carboxylic acids is 2. The topological polar surface area (TPSA) is 111 Å². The Morgan fingerprint density at radius 2 is 1.72 bits per heavy atom. The molecule has 9 heteroatoms. The van der Waals surface area contributed by atoms with Crippen LogP contribution in [0.4, 0.5) is 17.1 Å². The van der Waals surface area contributed by atoms with Gasteiger partial charge >= 0.3 is 0 Å². The molecule has 0 atom stereocenters. The number of thioether (sulfide) groups is 1. The number of nitrogens with zero attached hydrogens (tertiary/aromatic N) is 1. The number of ether oxygens (including phenoxy) is 1. The van der Waals surface area contributed by atoms with E-state index in [9.17, 15) is 19.7 Å². The van der Waals surface area contributed by atoms with Crippen LogP contribution >= 0.6 is 11.8 Å². The summed E-state index contributed by atoms with van der Waals surface area (Å²) in [7, 11) is 0. The van der Waals surface area contributed by atoms with E-state index in [-0.39, 0.29) is 22.9 Å². The van der Waals surface area contributed by atoms with Gasteiger partial charge in [0.2, 0.25) is 5.91 Å². The van der Waals surface area contributed by atoms with Crippen LogP contribution in [-0.4, -0.2) is 29.1 Å². The van der Waals surface area contributed by atoms with Crippen LogP contribution < -0.4 is 15.4 Å². The van der Waals surface area contributed by atoms with E-state index < -0.39 is 10.8 Å². The van der Waals surface area contributed by atoms with E-state index in [1.54, 1.807) is 42.5 Å². The molecule has 0 aromatic heterocycles. The van der Waals surface area contributed by atoms with Crippen LogP contribution in [0.1, 0.15) is 17.3 Å². The largest absolute Gasteiger partial charge is 0.494 e. The quantitative estimate of drug-likeness (QED) is 0.270. The minimum absolute atomic E-state index is 0.152. The highest BCUT2D eigenvalue weighted by Crippen LogP contribution is 2.23. The maximum Gasteiger partial charge on any atom is 0.270 e. The van der Waals surface area contributed by atoms with Crippen molar-refractivity contribution in [2.45, 2.75) is 11.8 Å². The molecule has 0 fully saturated rings. The van der Waals surface area contributed by atoms with Gasteiger partial charge in [-0.2, -0.15) is 0 Å². The van der Waals surface area contributed by atoms with Crippen molar-refractivity contribution in [1.82, 2.24) is 0 Å². The number of carbonyl (C=O) groups is 2. The number of nitrogens with one attached hydrogen (secondary N) is 2. The van der Waals surface area contributed by atoms with Crippen molar-refractivity contribution >= 4 is 40.6 Å². The van der Waals surface area contributed by atoms with Gasteiger partial charge in [0, 0.05) is 34.0 Å². The van der Waals surface area contributed by atoms with Crippen molar-refractivity contribution in [3.8, 4) is 5.75 Å². The van der Waals surface area contributed by atoms with Gasteiger partial charge < -0.3 is 15.4 Å². The predicted molar refractivity (Wildman–Crippen MR) is 124 cm³/mol. The molecule has 0 spiro atoms. The first kappa shape index (κ1) is 22.8. The van der Waals surface area contributed by atoms with Crippen molar-refractivity contribution in [3.05, 3.63) is 88.5 Å². The zero-order chi connectivity index (χ0) is 22.9. The summed E-state index contributed by atoms with van der Waals surface area (Å²) < 4.78 is 5.38. The maximum absolute atomic E-state index is 12.4. The van der Waals surface area contributed by atoms with Crippen molar-refractivity contribution in [2.24, 2.45) is 0 Å². The Kier molecular flexibility index (Phi) is 7.82. The predicted octanol–water partition coefficient (Wildman–Crippen LogP) is 4.98. The lowest BCUT2D eigenvalue weighted by Crippen LogP contribution is -2.14. The monoisotopic (exact) mass is 451 g/mol. The van der Waals surface area contributed by atoms with Crippen LogP contribution in [0.25, 0.3) is 0 Å². The summed E-state index contributed by atoms with van der Waals surface area (Å²) in [6.07, 6.45) is 0. The van der Waals surface area contributed by atoms with E-state index in [4.69, 9.17) is 4.74 Å². The summed E-state index contributed by atoms with van der Waals surface area (Å²) in [6.45, 7) is 2.48. The summed E-state index contributed by atoms with van der Waals surface area (Å²) >= 11 is 1.33. The molecule has 3 aromatic carbocycles. The Morgan fingerprint density at radius 3 is 2.44 bits per heavy atom. The van der Waals surface area contributed by atoms with Gasteiger partial charge in [-0.1, -0.05) is 12.1 Å². The first-order chi connectivity index (χ1) is 15.4. The van der Waals surface area contributed by atoms with Gasteiger partial charge in [-0.05, 0) is 55.5 Å². The Morgan fingerprint density at radius 1 is 0.969 bits per heavy atom. The third kappa shape index (κ3) is 6.58. The van der Waals surface area contributed by atoms with Crippen LogP contribution in [0.15, 0.2) is 77.7 Å². The highest BCUT2D eigenvalue weighted by molar-refractivity contribution is 8.00. The molecular weight excluding hydrogens is 430 g/mol. The number of hydrogen-bond donors (Lipinski definition) is 2. The van der Waals surface area contributed by atoms with Gasteiger partial charge in [0.25, 0.3) is 11.6 Å². The van der Waals surface area contributed by atoms with Crippen molar-refractivity contribution in [1.29, 1.82) is 0 Å². The van der Waals surface area contributed by atoms with E-state index in [1.165, 1.54) is 36.0 Å². The first-order valence-electron chi connectivity index (χ1n) is 9.76. The Bertz CT molecular complexity index is 1120. The summed E-state index contributed by atoms with van der Waals surface area (Å²) in [5.74, 6) is 0.313. The summed E-state index contributed by atoms with van der Waals surface area (Å²) in [4.78, 5) is 35.8. The fourth-order valence-electron chi connectivity index (χ4n) is 2.77. The Labute approximate surface area is 189 Å². The smallest absolute Gasteiger partial charge is 0.270 e. The van der Waals surface area contributed by atoms with Crippen molar-refractivity contribution < 1.29 is 19.2 Å². The summed E-state index contributed by atoms with van der Waals surface area (Å²) in [5.41, 5.74) is 1.24. The number of anilines is 2. The molecule has 0 saturated heterocycles. The third-order valence-corrected chi connectivity index (χ3v) is 5.22. The van der Waals surface area contributed by atoms with Gasteiger partial charge in [-0.3, -0.25) is 19.7 Å². The third-order valence-electron chi connectivity index (χ3n) is 4.23. The van der Waals surface area contributed by atoms with Crippen LogP contribution in [0.3, 0.4) is 0 Å². The van der Waals surface area contributed by atoms with Crippen LogP contribution in [-0.2, 0) is 4.79 Å². The number of amides is 2. The van der Waals surface area contributed by atoms with E-state index in [0.717, 1.165) is 10.6 Å². The zero-order valence-electron chi connectivity index (χ0n) is 17.2. The molecule has 0 aliphatic carbocycles. The molecular formula is C23H21N3O5S. The van der Waals surface area contributed by atoms with E-state index in [2.05, 4.69) is 10.6 Å². The standard InChI is InChI=1S/C23H21N3O5S/c1-2-31-20-11-9-17(10-12-20)24-22(27)15-32-21-8-4-6-18(14-21)25-23(28)16-5-3-7-19(13-16)26(29)30/h3-14H,2,15H2,1H3,(H,24,27)(H,25,28). The number of non-ortho nitro benzene ring substituents is 1. The molecule has 2 N–H and O–H groups in total. The SMILES string of the molecule is CCOc1ccc(NC(=O)CSc2cccc(NC(=O)c3cccc([N+](=O)[O-])c3)c2)cc1. The molecule has 3 aromatic rings. The molecule has 0 unspecified atom stereocenters. The van der Waals surface area contributed by atoms with Gasteiger partial charge in [0.1, 0.15) is 5.75 Å². The molecule has 3 rings (SSSR count). The minimum atomic E-state index is -0.549. The second kappa shape index (κ2) is 11.0. The second-order valence-corrected chi connectivity index (χ2v) is 7.63. The normalized spacial score (nSPS) is 10.3. The molecule has 0 bridgehead atoms. The summed E-state index contributed by atoms with van der Waals surface area (Å²) in [5, 5.41) is 16.4. The molecule has 0 aliphatic heterocycles. The summed E-state index contributed by atoms with van der Waals surface area (Å²) in [6, 6.07) is 19.7.